The Labute approximate surface area is 227 Å². The number of cyclic esters (lactones) is 1. The summed E-state index contributed by atoms with van der Waals surface area (Å²) in [7, 11) is -2.24. The average Bonchev–Trinajstić information content (AvgIpc) is 3.25. The van der Waals surface area contributed by atoms with Gasteiger partial charge in [-0.3, -0.25) is 4.57 Å². The number of alkyl carbamates (subject to hydrolysis) is 1. The van der Waals surface area contributed by atoms with Gasteiger partial charge < -0.3 is 19.3 Å². The van der Waals surface area contributed by atoms with Crippen molar-refractivity contribution in [1.82, 2.24) is 5.32 Å². The molecule has 2 atom stereocenters. The van der Waals surface area contributed by atoms with Gasteiger partial charge in [-0.1, -0.05) is 65.8 Å². The topological polar surface area (TPSA) is 73.9 Å². The summed E-state index contributed by atoms with van der Waals surface area (Å²) in [6, 6.07) is 24.2. The summed E-state index contributed by atoms with van der Waals surface area (Å²) in [4.78, 5) is 13.8. The number of ether oxygens (including phenoxy) is 2. The smallest absolute Gasteiger partial charge is 0.407 e. The lowest BCUT2D eigenvalue weighted by Gasteiger charge is -2.26. The number of hydrogen-bond donors (Lipinski definition) is 1. The zero-order chi connectivity index (χ0) is 26.1. The molecule has 6 nitrogen and oxygen atoms in total. The molecule has 0 spiro atoms. The first kappa shape index (κ1) is 27.6. The zero-order valence-electron chi connectivity index (χ0n) is 20.7. The second-order valence-corrected chi connectivity index (χ2v) is 11.9. The third-order valence-electron chi connectivity index (χ3n) is 6.05. The molecule has 1 aliphatic rings. The Hall–Kier alpha value is -2.44. The third kappa shape index (κ3) is 8.27. The number of hydrogen-bond acceptors (Lipinski definition) is 6. The molecule has 3 aromatic rings. The fraction of sp³-hybridized carbons (Fsp3) is 0.321. The van der Waals surface area contributed by atoms with E-state index in [0.29, 0.717) is 24.7 Å². The van der Waals surface area contributed by atoms with Crippen LogP contribution >= 0.6 is 31.4 Å². The highest BCUT2D eigenvalue weighted by Crippen LogP contribution is 2.35. The fourth-order valence-electron chi connectivity index (χ4n) is 4.21. The molecule has 4 rings (SSSR count). The number of amides is 1. The monoisotopic (exact) mass is 559 g/mol. The molecule has 0 bridgehead atoms. The van der Waals surface area contributed by atoms with E-state index in [-0.39, 0.29) is 12.8 Å². The molecule has 1 fully saturated rings. The van der Waals surface area contributed by atoms with E-state index in [1.807, 2.05) is 66.7 Å². The molecule has 9 heteroatoms. The minimum absolute atomic E-state index is 0.201. The molecule has 0 saturated carbocycles. The van der Waals surface area contributed by atoms with E-state index in [1.165, 1.54) is 0 Å². The first-order chi connectivity index (χ1) is 17.9. The van der Waals surface area contributed by atoms with Crippen LogP contribution in [-0.4, -0.2) is 31.0 Å². The summed E-state index contributed by atoms with van der Waals surface area (Å²) in [5.74, 6) is 0.820. The van der Waals surface area contributed by atoms with Crippen LogP contribution in [0.4, 0.5) is 4.79 Å². The van der Waals surface area contributed by atoms with Gasteiger partial charge in [-0.2, -0.15) is 0 Å². The van der Waals surface area contributed by atoms with Gasteiger partial charge in [0.25, 0.3) is 0 Å². The fourth-order valence-corrected chi connectivity index (χ4v) is 6.81. The van der Waals surface area contributed by atoms with Crippen molar-refractivity contribution < 1.29 is 23.4 Å². The van der Waals surface area contributed by atoms with E-state index in [2.05, 4.69) is 11.4 Å². The van der Waals surface area contributed by atoms with Crippen molar-refractivity contribution in [3.8, 4) is 5.75 Å². The molecular formula is C28H31ClNO5PS. The molecule has 1 aliphatic heterocycles. The number of benzene rings is 3. The lowest BCUT2D eigenvalue weighted by molar-refractivity contribution is 0.172. The molecule has 1 saturated heterocycles. The van der Waals surface area contributed by atoms with Gasteiger partial charge in [0.1, 0.15) is 19.0 Å². The zero-order valence-corrected chi connectivity index (χ0v) is 23.3. The first-order valence-electron chi connectivity index (χ1n) is 12.3. The van der Waals surface area contributed by atoms with Crippen molar-refractivity contribution in [2.45, 2.75) is 48.1 Å². The van der Waals surface area contributed by atoms with E-state index in [9.17, 15) is 9.36 Å². The molecule has 3 aromatic carbocycles. The number of carbonyl (C=O) groups excluding carboxylic acids is 1. The van der Waals surface area contributed by atoms with Crippen molar-refractivity contribution in [1.29, 1.82) is 0 Å². The van der Waals surface area contributed by atoms with Gasteiger partial charge in [0.05, 0.1) is 12.1 Å². The summed E-state index contributed by atoms with van der Waals surface area (Å²) in [5.41, 5.74) is 1.50. The van der Waals surface area contributed by atoms with Crippen LogP contribution in [-0.2, 0) is 26.9 Å². The maximum Gasteiger partial charge on any atom is 0.407 e. The summed E-state index contributed by atoms with van der Waals surface area (Å²) in [6.07, 6.45) is 1.93. The van der Waals surface area contributed by atoms with Crippen LogP contribution in [0.5, 0.6) is 5.75 Å². The molecule has 0 aromatic heterocycles. The van der Waals surface area contributed by atoms with Crippen molar-refractivity contribution in [3.05, 3.63) is 88.9 Å². The van der Waals surface area contributed by atoms with E-state index in [4.69, 9.17) is 25.6 Å². The van der Waals surface area contributed by atoms with Gasteiger partial charge in [-0.15, -0.1) is 0 Å². The van der Waals surface area contributed by atoms with Crippen LogP contribution in [0.2, 0.25) is 5.02 Å². The molecule has 1 N–H and O–H groups in total. The molecule has 0 radical (unpaired) electrons. The number of halogens is 1. The Morgan fingerprint density at radius 3 is 2.62 bits per heavy atom. The predicted octanol–water partition coefficient (Wildman–Crippen LogP) is 7.38. The molecular weight excluding hydrogens is 529 g/mol. The van der Waals surface area contributed by atoms with Gasteiger partial charge in [0.2, 0.25) is 0 Å². The number of nitrogens with one attached hydrogen (secondary N) is 1. The van der Waals surface area contributed by atoms with Crippen LogP contribution in [0.1, 0.15) is 30.9 Å². The molecule has 1 heterocycles. The minimum atomic E-state index is -2.24. The largest absolute Gasteiger partial charge is 0.489 e. The molecule has 37 heavy (non-hydrogen) atoms. The second-order valence-electron chi connectivity index (χ2n) is 8.92. The van der Waals surface area contributed by atoms with E-state index in [1.54, 1.807) is 18.7 Å². The quantitative estimate of drug-likeness (QED) is 0.220. The van der Waals surface area contributed by atoms with Crippen molar-refractivity contribution in [3.63, 3.8) is 0 Å². The van der Waals surface area contributed by atoms with Gasteiger partial charge in [0.15, 0.2) is 8.03 Å². The minimum Gasteiger partial charge on any atom is -0.489 e. The Bertz CT molecular complexity index is 1230. The van der Waals surface area contributed by atoms with E-state index >= 15 is 0 Å². The van der Waals surface area contributed by atoms with E-state index in [0.717, 1.165) is 39.5 Å². The first-order valence-corrected chi connectivity index (χ1v) is 15.0. The van der Waals surface area contributed by atoms with Crippen molar-refractivity contribution >= 4 is 37.5 Å². The van der Waals surface area contributed by atoms with Gasteiger partial charge in [0, 0.05) is 21.0 Å². The SMILES string of the molecule is CCO[PH](=O)CC1(CCCc2ccc(Sc3cccc(OCc4ccccc4)c3)cc2Cl)COC(=O)N1. The van der Waals surface area contributed by atoms with Gasteiger partial charge in [-0.25, -0.2) is 4.79 Å². The summed E-state index contributed by atoms with van der Waals surface area (Å²) >= 11 is 8.25. The molecule has 2 unspecified atom stereocenters. The van der Waals surface area contributed by atoms with Crippen LogP contribution in [0.3, 0.4) is 0 Å². The summed E-state index contributed by atoms with van der Waals surface area (Å²) in [5, 5.41) is 3.55. The summed E-state index contributed by atoms with van der Waals surface area (Å²) < 4.78 is 28.6. The van der Waals surface area contributed by atoms with Crippen LogP contribution < -0.4 is 10.1 Å². The highest BCUT2D eigenvalue weighted by Gasteiger charge is 2.40. The number of aryl methyl sites for hydroxylation is 1. The Kier molecular flexibility index (Phi) is 9.98. The van der Waals surface area contributed by atoms with Gasteiger partial charge >= 0.3 is 6.09 Å². The Morgan fingerprint density at radius 2 is 1.89 bits per heavy atom. The van der Waals surface area contributed by atoms with Crippen molar-refractivity contribution in [2.75, 3.05) is 19.4 Å². The number of rotatable bonds is 13. The number of carbonyl (C=O) groups is 1. The Morgan fingerprint density at radius 1 is 1.08 bits per heavy atom. The maximum absolute atomic E-state index is 12.2. The van der Waals surface area contributed by atoms with Gasteiger partial charge in [-0.05, 0) is 67.6 Å². The molecule has 196 valence electrons. The lowest BCUT2D eigenvalue weighted by Crippen LogP contribution is -2.46. The van der Waals surface area contributed by atoms with Crippen LogP contribution in [0.15, 0.2) is 82.6 Å². The van der Waals surface area contributed by atoms with E-state index < -0.39 is 19.7 Å². The van der Waals surface area contributed by atoms with Crippen LogP contribution in [0, 0.1) is 0 Å². The molecule has 1 amide bonds. The highest BCUT2D eigenvalue weighted by atomic mass is 35.5. The Balaban J connectivity index is 1.32. The molecule has 0 aliphatic carbocycles. The normalized spacial score (nSPS) is 17.7. The maximum atomic E-state index is 12.2. The standard InChI is InChI=1S/C28H31ClNO5PS/c1-2-35-36(32)20-28(19-34-27(31)30-28)15-7-10-22-13-14-25(17-26(22)29)37-24-12-6-11-23(16-24)33-18-21-8-4-3-5-9-21/h3-6,8-9,11-14,16-17,36H,2,7,10,15,18-20H2,1H3,(H,30,31). The third-order valence-corrected chi connectivity index (χ3v) is 8.96. The predicted molar refractivity (Wildman–Crippen MR) is 148 cm³/mol. The highest BCUT2D eigenvalue weighted by molar-refractivity contribution is 7.99. The van der Waals surface area contributed by atoms with Crippen LogP contribution in [0.25, 0.3) is 0 Å². The summed E-state index contributed by atoms with van der Waals surface area (Å²) in [6.45, 7) is 2.91. The average molecular weight is 560 g/mol. The second kappa shape index (κ2) is 13.4. The van der Waals surface area contributed by atoms with Crippen molar-refractivity contribution in [2.24, 2.45) is 0 Å². The lowest BCUT2D eigenvalue weighted by atomic mass is 9.95.